The highest BCUT2D eigenvalue weighted by molar-refractivity contribution is 5.69. The van der Waals surface area contributed by atoms with Gasteiger partial charge >= 0.3 is 6.09 Å². The van der Waals surface area contributed by atoms with Gasteiger partial charge < -0.3 is 24.6 Å². The number of methoxy groups -OCH3 is 1. The number of carbonyl (C=O) groups is 1. The molecule has 1 aromatic rings. The first-order valence-electron chi connectivity index (χ1n) is 9.17. The van der Waals surface area contributed by atoms with E-state index in [9.17, 15) is 9.90 Å². The van der Waals surface area contributed by atoms with Gasteiger partial charge in [0.25, 0.3) is 0 Å². The van der Waals surface area contributed by atoms with Crippen molar-refractivity contribution in [1.29, 1.82) is 0 Å². The second-order valence-electron chi connectivity index (χ2n) is 7.84. The van der Waals surface area contributed by atoms with Gasteiger partial charge in [-0.3, -0.25) is 0 Å². The molecule has 0 radical (unpaired) electrons. The zero-order valence-electron chi connectivity index (χ0n) is 16.1. The molecule has 1 saturated heterocycles. The molecule has 0 spiro atoms. The maximum atomic E-state index is 12.7. The number of carbonyl (C=O) groups excluding carboxylic acids is 1. The number of piperidine rings is 1. The Morgan fingerprint density at radius 2 is 1.92 bits per heavy atom. The van der Waals surface area contributed by atoms with Crippen molar-refractivity contribution in [3.63, 3.8) is 0 Å². The number of hydrogen-bond donors (Lipinski definition) is 2. The van der Waals surface area contributed by atoms with Gasteiger partial charge in [-0.25, -0.2) is 4.79 Å². The van der Waals surface area contributed by atoms with Crippen LogP contribution in [0.4, 0.5) is 4.79 Å². The summed E-state index contributed by atoms with van der Waals surface area (Å²) in [6.07, 6.45) is 0.777. The average molecular weight is 365 g/mol. The monoisotopic (exact) mass is 365 g/mol. The summed E-state index contributed by atoms with van der Waals surface area (Å²) >= 11 is 0. The van der Waals surface area contributed by atoms with Gasteiger partial charge in [-0.2, -0.15) is 0 Å². The van der Waals surface area contributed by atoms with E-state index in [0.29, 0.717) is 25.8 Å². The maximum Gasteiger partial charge on any atom is 0.410 e. The molecular formula is C20H31NO5. The Kier molecular flexibility index (Phi) is 6.89. The van der Waals surface area contributed by atoms with Crippen molar-refractivity contribution < 1.29 is 24.5 Å². The number of likely N-dealkylation sites (tertiary alicyclic amines) is 1. The minimum Gasteiger partial charge on any atom is -0.497 e. The zero-order chi connectivity index (χ0) is 19.3. The quantitative estimate of drug-likeness (QED) is 0.839. The largest absolute Gasteiger partial charge is 0.497 e. The van der Waals surface area contributed by atoms with Crippen LogP contribution in [0.15, 0.2) is 24.3 Å². The van der Waals surface area contributed by atoms with Crippen molar-refractivity contribution in [3.05, 3.63) is 29.8 Å². The number of benzene rings is 1. The van der Waals surface area contributed by atoms with E-state index in [1.165, 1.54) is 0 Å². The molecule has 1 heterocycles. The SMILES string of the molecule is COc1ccc([C@@H]2CN(C(=O)OC(C)(C)C)[C@@H](CCCO)C[C@@H]2O)cc1. The van der Waals surface area contributed by atoms with Crippen LogP contribution in [0.2, 0.25) is 0 Å². The van der Waals surface area contributed by atoms with Gasteiger partial charge in [-0.15, -0.1) is 0 Å². The molecule has 26 heavy (non-hydrogen) atoms. The van der Waals surface area contributed by atoms with E-state index >= 15 is 0 Å². The van der Waals surface area contributed by atoms with E-state index in [2.05, 4.69) is 0 Å². The van der Waals surface area contributed by atoms with Gasteiger partial charge in [0, 0.05) is 25.1 Å². The van der Waals surface area contributed by atoms with E-state index < -0.39 is 11.7 Å². The summed E-state index contributed by atoms with van der Waals surface area (Å²) < 4.78 is 10.8. The summed E-state index contributed by atoms with van der Waals surface area (Å²) in [6.45, 7) is 5.98. The molecule has 2 N–H and O–H groups in total. The Balaban J connectivity index is 2.20. The smallest absolute Gasteiger partial charge is 0.410 e. The lowest BCUT2D eigenvalue weighted by Gasteiger charge is -2.43. The van der Waals surface area contributed by atoms with Crippen LogP contribution in [-0.4, -0.2) is 59.2 Å². The highest BCUT2D eigenvalue weighted by Crippen LogP contribution is 2.34. The molecule has 1 fully saturated rings. The number of aliphatic hydroxyl groups excluding tert-OH is 2. The fourth-order valence-corrected chi connectivity index (χ4v) is 3.38. The van der Waals surface area contributed by atoms with Crippen molar-refractivity contribution in [2.24, 2.45) is 0 Å². The molecule has 0 unspecified atom stereocenters. The van der Waals surface area contributed by atoms with Gasteiger partial charge in [-0.1, -0.05) is 12.1 Å². The van der Waals surface area contributed by atoms with Crippen molar-refractivity contribution in [2.45, 2.75) is 63.7 Å². The fraction of sp³-hybridized carbons (Fsp3) is 0.650. The van der Waals surface area contributed by atoms with Crippen LogP contribution < -0.4 is 4.74 Å². The first-order valence-corrected chi connectivity index (χ1v) is 9.17. The topological polar surface area (TPSA) is 79.2 Å². The maximum absolute atomic E-state index is 12.7. The lowest BCUT2D eigenvalue weighted by Crippen LogP contribution is -2.52. The second-order valence-corrected chi connectivity index (χ2v) is 7.84. The fourth-order valence-electron chi connectivity index (χ4n) is 3.38. The Labute approximate surface area is 155 Å². The normalized spacial score (nSPS) is 23.6. The minimum absolute atomic E-state index is 0.0661. The predicted molar refractivity (Wildman–Crippen MR) is 99.4 cm³/mol. The number of aliphatic hydroxyl groups is 2. The predicted octanol–water partition coefficient (Wildman–Crippen LogP) is 2.92. The highest BCUT2D eigenvalue weighted by Gasteiger charge is 2.39. The summed E-state index contributed by atoms with van der Waals surface area (Å²) in [4.78, 5) is 14.4. The molecule has 0 aromatic heterocycles. The summed E-state index contributed by atoms with van der Waals surface area (Å²) in [5.74, 6) is 0.572. The van der Waals surface area contributed by atoms with Crippen molar-refractivity contribution >= 4 is 6.09 Å². The summed E-state index contributed by atoms with van der Waals surface area (Å²) in [5.41, 5.74) is 0.386. The number of nitrogens with zero attached hydrogens (tertiary/aromatic N) is 1. The molecule has 146 valence electrons. The third-order valence-corrected chi connectivity index (χ3v) is 4.68. The van der Waals surface area contributed by atoms with Crippen LogP contribution in [0.25, 0.3) is 0 Å². The van der Waals surface area contributed by atoms with E-state index in [1.807, 2.05) is 45.0 Å². The standard InChI is InChI=1S/C20H31NO5/c1-20(2,3)26-19(24)21-13-17(14-7-9-16(25-4)10-8-14)18(23)12-15(21)6-5-11-22/h7-10,15,17-18,22-23H,5-6,11-13H2,1-4H3/t15-,17-,18-/m0/s1. The van der Waals surface area contributed by atoms with Gasteiger partial charge in [0.15, 0.2) is 0 Å². The summed E-state index contributed by atoms with van der Waals surface area (Å²) in [6, 6.07) is 7.43. The molecule has 1 aliphatic rings. The van der Waals surface area contributed by atoms with Crippen LogP contribution in [0, 0.1) is 0 Å². The van der Waals surface area contributed by atoms with Gasteiger partial charge in [0.1, 0.15) is 11.4 Å². The third kappa shape index (κ3) is 5.35. The van der Waals surface area contributed by atoms with E-state index in [1.54, 1.807) is 12.0 Å². The second kappa shape index (κ2) is 8.73. The van der Waals surface area contributed by atoms with Gasteiger partial charge in [0.05, 0.1) is 13.2 Å². The molecular weight excluding hydrogens is 334 g/mol. The Bertz CT molecular complexity index is 581. The van der Waals surface area contributed by atoms with Crippen molar-refractivity contribution in [3.8, 4) is 5.75 Å². The molecule has 6 nitrogen and oxygen atoms in total. The molecule has 2 rings (SSSR count). The van der Waals surface area contributed by atoms with Gasteiger partial charge in [0.2, 0.25) is 0 Å². The number of amides is 1. The molecule has 1 aromatic carbocycles. The molecule has 0 bridgehead atoms. The zero-order valence-corrected chi connectivity index (χ0v) is 16.1. The molecule has 6 heteroatoms. The summed E-state index contributed by atoms with van der Waals surface area (Å²) in [5, 5.41) is 19.8. The van der Waals surface area contributed by atoms with Crippen LogP contribution >= 0.6 is 0 Å². The van der Waals surface area contributed by atoms with E-state index in [0.717, 1.165) is 11.3 Å². The van der Waals surface area contributed by atoms with Gasteiger partial charge in [-0.05, 0) is 57.7 Å². The third-order valence-electron chi connectivity index (χ3n) is 4.68. The lowest BCUT2D eigenvalue weighted by molar-refractivity contribution is -0.0180. The highest BCUT2D eigenvalue weighted by atomic mass is 16.6. The molecule has 1 aliphatic heterocycles. The first kappa shape index (κ1) is 20.5. The van der Waals surface area contributed by atoms with E-state index in [4.69, 9.17) is 14.6 Å². The van der Waals surface area contributed by atoms with E-state index in [-0.39, 0.29) is 24.7 Å². The Morgan fingerprint density at radius 3 is 2.46 bits per heavy atom. The number of hydrogen-bond acceptors (Lipinski definition) is 5. The average Bonchev–Trinajstić information content (AvgIpc) is 2.58. The Morgan fingerprint density at radius 1 is 1.27 bits per heavy atom. The van der Waals surface area contributed by atoms with Crippen LogP contribution in [-0.2, 0) is 4.74 Å². The molecule has 0 aliphatic carbocycles. The molecule has 0 saturated carbocycles. The van der Waals surface area contributed by atoms with Crippen LogP contribution in [0.3, 0.4) is 0 Å². The number of rotatable bonds is 5. The minimum atomic E-state index is -0.579. The van der Waals surface area contributed by atoms with Crippen LogP contribution in [0.5, 0.6) is 5.75 Å². The first-order chi connectivity index (χ1) is 12.2. The van der Waals surface area contributed by atoms with Crippen molar-refractivity contribution in [2.75, 3.05) is 20.3 Å². The summed E-state index contributed by atoms with van der Waals surface area (Å²) in [7, 11) is 1.61. The molecule has 1 amide bonds. The lowest BCUT2D eigenvalue weighted by atomic mass is 9.83. The number of ether oxygens (including phenoxy) is 2. The molecule has 3 atom stereocenters. The Hall–Kier alpha value is -1.79. The van der Waals surface area contributed by atoms with Crippen molar-refractivity contribution in [1.82, 2.24) is 4.90 Å². The van der Waals surface area contributed by atoms with Crippen LogP contribution in [0.1, 0.15) is 51.5 Å².